The van der Waals surface area contributed by atoms with Crippen LogP contribution in [0.15, 0.2) is 0 Å². The highest BCUT2D eigenvalue weighted by molar-refractivity contribution is 4.93. The lowest BCUT2D eigenvalue weighted by atomic mass is 10.1. The third kappa shape index (κ3) is 13.2. The summed E-state index contributed by atoms with van der Waals surface area (Å²) in [6, 6.07) is 5.86. The summed E-state index contributed by atoms with van der Waals surface area (Å²) in [5.41, 5.74) is 0. The van der Waals surface area contributed by atoms with Crippen molar-refractivity contribution in [2.75, 3.05) is 20.6 Å². The Bertz CT molecular complexity index is 177. The van der Waals surface area contributed by atoms with Gasteiger partial charge in [-0.25, -0.2) is 0 Å². The summed E-state index contributed by atoms with van der Waals surface area (Å²) >= 11 is 0. The molecule has 2 nitrogen and oxygen atoms in total. The summed E-state index contributed by atoms with van der Waals surface area (Å²) in [4.78, 5) is 1.86. The average Bonchev–Trinajstić information content (AvgIpc) is 2.20. The van der Waals surface area contributed by atoms with Crippen molar-refractivity contribution in [3.63, 3.8) is 0 Å². The molecule has 0 bridgehead atoms. The molecule has 0 heterocycles. The molecule has 0 spiro atoms. The molecule has 2 heteroatoms. The van der Waals surface area contributed by atoms with Gasteiger partial charge in [-0.3, -0.25) is 0 Å². The Labute approximate surface area is 95.4 Å². The van der Waals surface area contributed by atoms with E-state index in [1.165, 1.54) is 44.9 Å². The number of hydrogen-bond donors (Lipinski definition) is 1. The molecule has 0 aromatic heterocycles. The van der Waals surface area contributed by atoms with E-state index in [1.807, 2.05) is 19.0 Å². The van der Waals surface area contributed by atoms with Crippen molar-refractivity contribution in [3.8, 4) is 12.1 Å². The summed E-state index contributed by atoms with van der Waals surface area (Å²) in [7, 11) is 3.89. The van der Waals surface area contributed by atoms with Crippen LogP contribution >= 0.6 is 0 Å². The second-order valence-electron chi connectivity index (χ2n) is 4.18. The van der Waals surface area contributed by atoms with Crippen molar-refractivity contribution in [1.82, 2.24) is 10.2 Å². The monoisotopic (exact) mass is 210 g/mol. The van der Waals surface area contributed by atoms with Gasteiger partial charge in [0.05, 0.1) is 0 Å². The fraction of sp³-hybridized carbons (Fsp3) is 0.846. The van der Waals surface area contributed by atoms with Crippen molar-refractivity contribution in [2.45, 2.75) is 51.9 Å². The minimum absolute atomic E-state index is 1.02. The molecule has 0 unspecified atom stereocenters. The first-order valence-electron chi connectivity index (χ1n) is 6.18. The van der Waals surface area contributed by atoms with Gasteiger partial charge >= 0.3 is 0 Å². The number of rotatable bonds is 8. The molecule has 0 radical (unpaired) electrons. The largest absolute Gasteiger partial charge is 0.344 e. The normalized spacial score (nSPS) is 9.27. The van der Waals surface area contributed by atoms with Crippen molar-refractivity contribution >= 4 is 0 Å². The molecule has 1 N–H and O–H groups in total. The second-order valence-corrected chi connectivity index (χ2v) is 4.18. The zero-order chi connectivity index (χ0) is 11.4. The van der Waals surface area contributed by atoms with Gasteiger partial charge in [-0.15, -0.1) is 0 Å². The van der Waals surface area contributed by atoms with Gasteiger partial charge in [0.2, 0.25) is 0 Å². The molecule has 0 aromatic rings. The van der Waals surface area contributed by atoms with Gasteiger partial charge in [-0.1, -0.05) is 45.4 Å². The number of unbranched alkanes of at least 4 members (excludes halogenated alkanes) is 6. The third-order valence-electron chi connectivity index (χ3n) is 2.27. The quantitative estimate of drug-likeness (QED) is 0.376. The molecule has 0 fully saturated rings. The van der Waals surface area contributed by atoms with Gasteiger partial charge in [0.15, 0.2) is 0 Å². The van der Waals surface area contributed by atoms with E-state index in [2.05, 4.69) is 24.3 Å². The van der Waals surface area contributed by atoms with Gasteiger partial charge in [0.1, 0.15) is 0 Å². The van der Waals surface area contributed by atoms with Crippen LogP contribution in [0.5, 0.6) is 0 Å². The average molecular weight is 210 g/mol. The fourth-order valence-corrected chi connectivity index (χ4v) is 1.38. The lowest BCUT2D eigenvalue weighted by molar-refractivity contribution is 0.580. The van der Waals surface area contributed by atoms with E-state index in [-0.39, 0.29) is 0 Å². The molecule has 88 valence electrons. The van der Waals surface area contributed by atoms with E-state index in [0.29, 0.717) is 0 Å². The Kier molecular flexibility index (Phi) is 10.6. The molecule has 0 rings (SSSR count). The molecule has 0 saturated heterocycles. The summed E-state index contributed by atoms with van der Waals surface area (Å²) in [6.45, 7) is 3.28. The molecule has 0 aromatic carbocycles. The van der Waals surface area contributed by atoms with Crippen LogP contribution < -0.4 is 5.32 Å². The number of nitrogens with one attached hydrogen (secondary N) is 1. The van der Waals surface area contributed by atoms with Gasteiger partial charge < -0.3 is 10.2 Å². The van der Waals surface area contributed by atoms with Crippen LogP contribution in [-0.2, 0) is 0 Å². The maximum absolute atomic E-state index is 3.12. The van der Waals surface area contributed by atoms with E-state index in [1.54, 1.807) is 0 Å². The summed E-state index contributed by atoms with van der Waals surface area (Å²) in [5.74, 6) is 0. The number of hydrogen-bond acceptors (Lipinski definition) is 2. The van der Waals surface area contributed by atoms with Crippen LogP contribution in [0.1, 0.15) is 51.9 Å². The molecule has 0 amide bonds. The minimum Gasteiger partial charge on any atom is -0.344 e. The van der Waals surface area contributed by atoms with Gasteiger partial charge in [0, 0.05) is 32.7 Å². The highest BCUT2D eigenvalue weighted by Crippen LogP contribution is 2.05. The van der Waals surface area contributed by atoms with Crippen LogP contribution in [0.25, 0.3) is 0 Å². The first-order chi connectivity index (χ1) is 7.27. The highest BCUT2D eigenvalue weighted by Gasteiger charge is 1.89. The lowest BCUT2D eigenvalue weighted by Crippen LogP contribution is -2.10. The van der Waals surface area contributed by atoms with Crippen LogP contribution in [0.3, 0.4) is 0 Å². The summed E-state index contributed by atoms with van der Waals surface area (Å²) in [6.07, 6.45) is 9.49. The smallest absolute Gasteiger partial charge is 0.0299 e. The van der Waals surface area contributed by atoms with Gasteiger partial charge in [-0.05, 0) is 6.42 Å². The van der Waals surface area contributed by atoms with E-state index in [0.717, 1.165) is 6.54 Å². The second kappa shape index (κ2) is 11.2. The van der Waals surface area contributed by atoms with Crippen LogP contribution in [0, 0.1) is 12.1 Å². The molecule has 0 atom stereocenters. The summed E-state index contributed by atoms with van der Waals surface area (Å²) < 4.78 is 0. The maximum Gasteiger partial charge on any atom is 0.0299 e. The Hall–Kier alpha value is -0.840. The van der Waals surface area contributed by atoms with E-state index in [4.69, 9.17) is 0 Å². The molecular formula is C13H26N2. The van der Waals surface area contributed by atoms with Crippen molar-refractivity contribution in [2.24, 2.45) is 0 Å². The topological polar surface area (TPSA) is 15.3 Å². The zero-order valence-corrected chi connectivity index (χ0v) is 10.6. The van der Waals surface area contributed by atoms with Gasteiger partial charge in [0.25, 0.3) is 0 Å². The Balaban J connectivity index is 3.03. The van der Waals surface area contributed by atoms with Crippen molar-refractivity contribution in [1.29, 1.82) is 0 Å². The van der Waals surface area contributed by atoms with Crippen molar-refractivity contribution in [3.05, 3.63) is 0 Å². The standard InChI is InChI=1S/C13H26N2/c1-4-5-6-7-8-9-10-11-14-12-13-15(2)3/h14H,4-11H2,1-3H3. The highest BCUT2D eigenvalue weighted by atomic mass is 15.0. The van der Waals surface area contributed by atoms with E-state index in [9.17, 15) is 0 Å². The molecule has 0 saturated carbocycles. The van der Waals surface area contributed by atoms with Crippen LogP contribution in [-0.4, -0.2) is 25.5 Å². The maximum atomic E-state index is 3.12. The molecule has 0 aliphatic carbocycles. The molecule has 0 aliphatic rings. The third-order valence-corrected chi connectivity index (χ3v) is 2.27. The van der Waals surface area contributed by atoms with Crippen LogP contribution in [0.2, 0.25) is 0 Å². The lowest BCUT2D eigenvalue weighted by Gasteiger charge is -2.01. The molecule has 15 heavy (non-hydrogen) atoms. The van der Waals surface area contributed by atoms with Gasteiger partial charge in [-0.2, -0.15) is 0 Å². The first kappa shape index (κ1) is 14.2. The SMILES string of the molecule is CCCCCCCCCNC#CN(C)C. The summed E-state index contributed by atoms with van der Waals surface area (Å²) in [5, 5.41) is 3.12. The fourth-order valence-electron chi connectivity index (χ4n) is 1.38. The molecular weight excluding hydrogens is 184 g/mol. The van der Waals surface area contributed by atoms with Crippen molar-refractivity contribution < 1.29 is 0 Å². The Morgan fingerprint density at radius 3 is 2.13 bits per heavy atom. The predicted octanol–water partition coefficient (Wildman–Crippen LogP) is 2.81. The van der Waals surface area contributed by atoms with Crippen LogP contribution in [0.4, 0.5) is 0 Å². The first-order valence-corrected chi connectivity index (χ1v) is 6.18. The predicted molar refractivity (Wildman–Crippen MR) is 67.5 cm³/mol. The number of nitrogens with zero attached hydrogens (tertiary/aromatic N) is 1. The Morgan fingerprint density at radius 2 is 1.53 bits per heavy atom. The van der Waals surface area contributed by atoms with E-state index >= 15 is 0 Å². The minimum atomic E-state index is 1.02. The molecule has 0 aliphatic heterocycles. The van der Waals surface area contributed by atoms with E-state index < -0.39 is 0 Å². The Morgan fingerprint density at radius 1 is 0.933 bits per heavy atom. The zero-order valence-electron chi connectivity index (χ0n) is 10.6.